The van der Waals surface area contributed by atoms with Crippen LogP contribution in [-0.2, 0) is 6.61 Å². The molecular formula is C18H14BrNO3S. The molecule has 0 spiro atoms. The zero-order valence-corrected chi connectivity index (χ0v) is 15.3. The lowest BCUT2D eigenvalue weighted by atomic mass is 10.2. The molecule has 0 amide bonds. The number of nitrogens with zero attached hydrogens (tertiary/aromatic N) is 1. The number of hydrogen-bond donors (Lipinski definition) is 0. The van der Waals surface area contributed by atoms with Gasteiger partial charge < -0.3 is 9.47 Å². The molecule has 0 bridgehead atoms. The van der Waals surface area contributed by atoms with Crippen molar-refractivity contribution in [1.82, 2.24) is 4.98 Å². The van der Waals surface area contributed by atoms with Crippen molar-refractivity contribution >= 4 is 33.2 Å². The second-order valence-electron chi connectivity index (χ2n) is 4.99. The highest BCUT2D eigenvalue weighted by molar-refractivity contribution is 9.10. The Labute approximate surface area is 152 Å². The number of aromatic nitrogens is 1. The first-order valence-electron chi connectivity index (χ1n) is 7.22. The molecule has 0 aliphatic heterocycles. The lowest BCUT2D eigenvalue weighted by Gasteiger charge is -2.08. The van der Waals surface area contributed by atoms with E-state index in [-0.39, 0.29) is 0 Å². The Morgan fingerprint density at radius 3 is 2.79 bits per heavy atom. The maximum absolute atomic E-state index is 12.3. The fourth-order valence-electron chi connectivity index (χ4n) is 2.03. The lowest BCUT2D eigenvalue weighted by Crippen LogP contribution is -2.09. The van der Waals surface area contributed by atoms with Gasteiger partial charge in [0.15, 0.2) is 0 Å². The Bertz CT molecular complexity index is 863. The van der Waals surface area contributed by atoms with Gasteiger partial charge in [0.05, 0.1) is 20.7 Å². The number of carbonyl (C=O) groups excluding carboxylic acids is 1. The monoisotopic (exact) mass is 403 g/mol. The van der Waals surface area contributed by atoms with Crippen molar-refractivity contribution in [3.8, 4) is 11.5 Å². The summed E-state index contributed by atoms with van der Waals surface area (Å²) in [5.74, 6) is 0.644. The molecule has 2 aromatic carbocycles. The van der Waals surface area contributed by atoms with Crippen LogP contribution in [0.2, 0.25) is 0 Å². The summed E-state index contributed by atoms with van der Waals surface area (Å²) in [6.07, 6.45) is 0. The minimum absolute atomic E-state index is 0.368. The Morgan fingerprint density at radius 2 is 2.04 bits per heavy atom. The number of carbonyl (C=O) groups is 1. The van der Waals surface area contributed by atoms with Gasteiger partial charge in [0.2, 0.25) is 0 Å². The van der Waals surface area contributed by atoms with Crippen LogP contribution in [0, 0.1) is 6.92 Å². The third-order valence-corrected chi connectivity index (χ3v) is 4.64. The second-order valence-corrected chi connectivity index (χ2v) is 6.91. The molecule has 1 aromatic heterocycles. The van der Waals surface area contributed by atoms with E-state index in [1.54, 1.807) is 41.7 Å². The van der Waals surface area contributed by atoms with Crippen LogP contribution < -0.4 is 9.47 Å². The number of hydrogen-bond acceptors (Lipinski definition) is 5. The van der Waals surface area contributed by atoms with E-state index in [0.717, 1.165) is 15.2 Å². The number of halogens is 1. The highest BCUT2D eigenvalue weighted by atomic mass is 79.9. The van der Waals surface area contributed by atoms with Gasteiger partial charge in [-0.25, -0.2) is 9.78 Å². The normalized spacial score (nSPS) is 10.4. The summed E-state index contributed by atoms with van der Waals surface area (Å²) < 4.78 is 11.8. The molecule has 0 fully saturated rings. The number of thiazole rings is 1. The summed E-state index contributed by atoms with van der Waals surface area (Å²) in [6.45, 7) is 2.32. The highest BCUT2D eigenvalue weighted by Gasteiger charge is 2.11. The number of esters is 1. The zero-order chi connectivity index (χ0) is 16.9. The molecule has 0 atom stereocenters. The van der Waals surface area contributed by atoms with E-state index < -0.39 is 5.97 Å². The van der Waals surface area contributed by atoms with Gasteiger partial charge in [-0.05, 0) is 53.2 Å². The standard InChI is InChI=1S/C18H14BrNO3S/c1-12-20-14(11-24-12)10-22-15-6-4-5-13(9-15)18(21)23-17-8-3-2-7-16(17)19/h2-9,11H,10H2,1H3. The van der Waals surface area contributed by atoms with Crippen molar-refractivity contribution < 1.29 is 14.3 Å². The minimum Gasteiger partial charge on any atom is -0.487 e. The molecule has 0 N–H and O–H groups in total. The number of ether oxygens (including phenoxy) is 2. The molecule has 0 unspecified atom stereocenters. The van der Waals surface area contributed by atoms with Crippen LogP contribution in [0.25, 0.3) is 0 Å². The average Bonchev–Trinajstić information content (AvgIpc) is 3.01. The number of aryl methyl sites for hydroxylation is 1. The molecule has 122 valence electrons. The molecule has 0 saturated heterocycles. The van der Waals surface area contributed by atoms with E-state index in [2.05, 4.69) is 20.9 Å². The summed E-state index contributed by atoms with van der Waals surface area (Å²) >= 11 is 4.94. The van der Waals surface area contributed by atoms with Crippen LogP contribution in [0.1, 0.15) is 21.1 Å². The van der Waals surface area contributed by atoms with Crippen LogP contribution in [0.3, 0.4) is 0 Å². The van der Waals surface area contributed by atoms with Gasteiger partial charge >= 0.3 is 5.97 Å². The Hall–Kier alpha value is -2.18. The summed E-state index contributed by atoms with van der Waals surface area (Å²) in [4.78, 5) is 16.6. The smallest absolute Gasteiger partial charge is 0.343 e. The van der Waals surface area contributed by atoms with Crippen LogP contribution in [0.4, 0.5) is 0 Å². The Balaban J connectivity index is 1.68. The third kappa shape index (κ3) is 4.21. The topological polar surface area (TPSA) is 48.4 Å². The van der Waals surface area contributed by atoms with Gasteiger partial charge in [0.1, 0.15) is 18.1 Å². The summed E-state index contributed by atoms with van der Waals surface area (Å²) in [5, 5.41) is 2.96. The average molecular weight is 404 g/mol. The number of para-hydroxylation sites is 1. The molecule has 3 rings (SSSR count). The largest absolute Gasteiger partial charge is 0.487 e. The van der Waals surface area contributed by atoms with Crippen molar-refractivity contribution in [2.24, 2.45) is 0 Å². The molecule has 24 heavy (non-hydrogen) atoms. The molecule has 3 aromatic rings. The number of benzene rings is 2. The quantitative estimate of drug-likeness (QED) is 0.443. The zero-order valence-electron chi connectivity index (χ0n) is 12.9. The van der Waals surface area contributed by atoms with Crippen LogP contribution in [0.15, 0.2) is 58.4 Å². The van der Waals surface area contributed by atoms with Crippen molar-refractivity contribution in [3.05, 3.63) is 74.6 Å². The van der Waals surface area contributed by atoms with E-state index >= 15 is 0 Å². The molecule has 4 nitrogen and oxygen atoms in total. The molecule has 6 heteroatoms. The first-order valence-corrected chi connectivity index (χ1v) is 8.89. The van der Waals surface area contributed by atoms with Gasteiger partial charge in [0.25, 0.3) is 0 Å². The van der Waals surface area contributed by atoms with Crippen LogP contribution in [0.5, 0.6) is 11.5 Å². The van der Waals surface area contributed by atoms with Gasteiger partial charge in [-0.15, -0.1) is 11.3 Å². The molecule has 0 saturated carbocycles. The first-order chi connectivity index (χ1) is 11.6. The van der Waals surface area contributed by atoms with E-state index in [1.807, 2.05) is 30.5 Å². The molecule has 1 heterocycles. The molecule has 0 aliphatic rings. The SMILES string of the molecule is Cc1nc(COc2cccc(C(=O)Oc3ccccc3Br)c2)cs1. The third-order valence-electron chi connectivity index (χ3n) is 3.16. The summed E-state index contributed by atoms with van der Waals surface area (Å²) in [5.41, 5.74) is 1.30. The molecule has 0 radical (unpaired) electrons. The fourth-order valence-corrected chi connectivity index (χ4v) is 2.99. The van der Waals surface area contributed by atoms with E-state index in [4.69, 9.17) is 9.47 Å². The van der Waals surface area contributed by atoms with Gasteiger partial charge in [-0.2, -0.15) is 0 Å². The van der Waals surface area contributed by atoms with E-state index in [0.29, 0.717) is 23.7 Å². The molecule has 0 aliphatic carbocycles. The minimum atomic E-state index is -0.433. The van der Waals surface area contributed by atoms with Crippen molar-refractivity contribution in [3.63, 3.8) is 0 Å². The highest BCUT2D eigenvalue weighted by Crippen LogP contribution is 2.25. The van der Waals surface area contributed by atoms with Gasteiger partial charge in [-0.1, -0.05) is 18.2 Å². The van der Waals surface area contributed by atoms with Gasteiger partial charge in [0, 0.05) is 5.38 Å². The predicted molar refractivity (Wildman–Crippen MR) is 96.7 cm³/mol. The second kappa shape index (κ2) is 7.59. The summed E-state index contributed by atoms with van der Waals surface area (Å²) in [7, 11) is 0. The van der Waals surface area contributed by atoms with Gasteiger partial charge in [-0.3, -0.25) is 0 Å². The predicted octanol–water partition coefficient (Wildman–Crippen LogP) is 5.01. The van der Waals surface area contributed by atoms with Crippen molar-refractivity contribution in [1.29, 1.82) is 0 Å². The van der Waals surface area contributed by atoms with Crippen LogP contribution >= 0.6 is 27.3 Å². The maximum atomic E-state index is 12.3. The Kier molecular flexibility index (Phi) is 5.27. The summed E-state index contributed by atoms with van der Waals surface area (Å²) in [6, 6.07) is 14.1. The van der Waals surface area contributed by atoms with E-state index in [9.17, 15) is 4.79 Å². The fraction of sp³-hybridized carbons (Fsp3) is 0.111. The van der Waals surface area contributed by atoms with Crippen molar-refractivity contribution in [2.75, 3.05) is 0 Å². The van der Waals surface area contributed by atoms with Crippen LogP contribution in [-0.4, -0.2) is 11.0 Å². The first kappa shape index (κ1) is 16.7. The maximum Gasteiger partial charge on any atom is 0.343 e. The lowest BCUT2D eigenvalue weighted by molar-refractivity contribution is 0.0733. The Morgan fingerprint density at radius 1 is 1.21 bits per heavy atom. The molecular weight excluding hydrogens is 390 g/mol. The van der Waals surface area contributed by atoms with E-state index in [1.165, 1.54) is 0 Å². The van der Waals surface area contributed by atoms with Crippen molar-refractivity contribution in [2.45, 2.75) is 13.5 Å². The number of rotatable bonds is 5.